The molecule has 0 saturated heterocycles. The molecule has 1 saturated carbocycles. The molecule has 5 heteroatoms. The molecule has 1 amide bonds. The maximum atomic E-state index is 11.6. The van der Waals surface area contributed by atoms with Crippen LogP contribution in [0.15, 0.2) is 0 Å². The predicted molar refractivity (Wildman–Crippen MR) is 62.6 cm³/mol. The van der Waals surface area contributed by atoms with Crippen LogP contribution >= 0.6 is 0 Å². The summed E-state index contributed by atoms with van der Waals surface area (Å²) in [6.07, 6.45) is 3.40. The van der Waals surface area contributed by atoms with E-state index in [1.54, 1.807) is 7.11 Å². The number of carbonyl (C=O) groups is 2. The van der Waals surface area contributed by atoms with Gasteiger partial charge in [-0.15, -0.1) is 0 Å². The standard InChI is InChI=1S/C12H21NO4/c1-8(17-2)6-7-11(14)13-10-5-3-4-9(10)12(15)16/h8-10H,3-7H2,1-2H3,(H,13,14)(H,15,16). The van der Waals surface area contributed by atoms with Crippen molar-refractivity contribution in [2.75, 3.05) is 7.11 Å². The van der Waals surface area contributed by atoms with E-state index in [0.717, 1.165) is 12.8 Å². The van der Waals surface area contributed by atoms with Gasteiger partial charge in [-0.2, -0.15) is 0 Å². The fourth-order valence-corrected chi connectivity index (χ4v) is 2.16. The molecule has 1 aliphatic rings. The van der Waals surface area contributed by atoms with Gasteiger partial charge in [-0.25, -0.2) is 0 Å². The topological polar surface area (TPSA) is 75.6 Å². The van der Waals surface area contributed by atoms with Crippen molar-refractivity contribution in [3.63, 3.8) is 0 Å². The van der Waals surface area contributed by atoms with Gasteiger partial charge in [0.05, 0.1) is 12.0 Å². The van der Waals surface area contributed by atoms with Crippen molar-refractivity contribution in [1.82, 2.24) is 5.32 Å². The van der Waals surface area contributed by atoms with E-state index in [9.17, 15) is 9.59 Å². The first kappa shape index (κ1) is 14.0. The van der Waals surface area contributed by atoms with Crippen LogP contribution in [0.5, 0.6) is 0 Å². The monoisotopic (exact) mass is 243 g/mol. The second-order valence-corrected chi connectivity index (χ2v) is 4.63. The number of nitrogens with one attached hydrogen (secondary N) is 1. The summed E-state index contributed by atoms with van der Waals surface area (Å²) in [4.78, 5) is 22.6. The van der Waals surface area contributed by atoms with Crippen LogP contribution in [-0.2, 0) is 14.3 Å². The molecule has 0 radical (unpaired) electrons. The Kier molecular flexibility index (Phi) is 5.41. The second kappa shape index (κ2) is 6.59. The number of hydrogen-bond acceptors (Lipinski definition) is 3. The molecule has 1 rings (SSSR count). The van der Waals surface area contributed by atoms with Gasteiger partial charge in [0.2, 0.25) is 5.91 Å². The summed E-state index contributed by atoms with van der Waals surface area (Å²) in [5.74, 6) is -1.30. The molecule has 0 aliphatic heterocycles. The number of carboxylic acid groups (broad SMARTS) is 1. The van der Waals surface area contributed by atoms with Gasteiger partial charge in [-0.1, -0.05) is 6.42 Å². The minimum atomic E-state index is -0.807. The molecular formula is C12H21NO4. The van der Waals surface area contributed by atoms with Crippen molar-refractivity contribution in [3.05, 3.63) is 0 Å². The van der Waals surface area contributed by atoms with Gasteiger partial charge in [0.25, 0.3) is 0 Å². The molecule has 0 aromatic heterocycles. The zero-order chi connectivity index (χ0) is 12.8. The minimum absolute atomic E-state index is 0.0552. The molecule has 0 heterocycles. The maximum absolute atomic E-state index is 11.6. The average Bonchev–Trinajstić information content (AvgIpc) is 2.74. The molecule has 0 aromatic rings. The number of aliphatic carboxylic acids is 1. The van der Waals surface area contributed by atoms with Crippen LogP contribution in [0.3, 0.4) is 0 Å². The highest BCUT2D eigenvalue weighted by Crippen LogP contribution is 2.25. The molecule has 17 heavy (non-hydrogen) atoms. The molecule has 98 valence electrons. The lowest BCUT2D eigenvalue weighted by Gasteiger charge is -2.18. The summed E-state index contributed by atoms with van der Waals surface area (Å²) in [6.45, 7) is 1.91. The molecule has 2 N–H and O–H groups in total. The summed E-state index contributed by atoms with van der Waals surface area (Å²) in [5, 5.41) is 11.8. The fraction of sp³-hybridized carbons (Fsp3) is 0.833. The summed E-state index contributed by atoms with van der Waals surface area (Å²) in [6, 6.07) is -0.196. The SMILES string of the molecule is COC(C)CCC(=O)NC1CCCC1C(=O)O. The molecule has 1 fully saturated rings. The first-order valence-corrected chi connectivity index (χ1v) is 6.09. The minimum Gasteiger partial charge on any atom is -0.481 e. The molecular weight excluding hydrogens is 222 g/mol. The van der Waals surface area contributed by atoms with E-state index < -0.39 is 11.9 Å². The van der Waals surface area contributed by atoms with Crippen LogP contribution in [0.1, 0.15) is 39.0 Å². The fourth-order valence-electron chi connectivity index (χ4n) is 2.16. The Morgan fingerprint density at radius 1 is 1.47 bits per heavy atom. The molecule has 3 atom stereocenters. The van der Waals surface area contributed by atoms with Crippen molar-refractivity contribution in [1.29, 1.82) is 0 Å². The second-order valence-electron chi connectivity index (χ2n) is 4.63. The number of rotatable bonds is 6. The molecule has 0 spiro atoms. The van der Waals surface area contributed by atoms with Crippen molar-refractivity contribution < 1.29 is 19.4 Å². The Balaban J connectivity index is 2.33. The van der Waals surface area contributed by atoms with Crippen molar-refractivity contribution in [2.45, 2.75) is 51.2 Å². The third-order valence-electron chi connectivity index (χ3n) is 3.36. The lowest BCUT2D eigenvalue weighted by molar-refractivity contribution is -0.142. The number of carbonyl (C=O) groups excluding carboxylic acids is 1. The highest BCUT2D eigenvalue weighted by atomic mass is 16.5. The Morgan fingerprint density at radius 3 is 2.76 bits per heavy atom. The van der Waals surface area contributed by atoms with Gasteiger partial charge in [0.15, 0.2) is 0 Å². The largest absolute Gasteiger partial charge is 0.481 e. The summed E-state index contributed by atoms with van der Waals surface area (Å²) in [7, 11) is 1.61. The van der Waals surface area contributed by atoms with Gasteiger partial charge >= 0.3 is 5.97 Å². The first-order valence-electron chi connectivity index (χ1n) is 6.09. The van der Waals surface area contributed by atoms with Gasteiger partial charge in [-0.05, 0) is 26.2 Å². The lowest BCUT2D eigenvalue weighted by atomic mass is 10.0. The van der Waals surface area contributed by atoms with Crippen LogP contribution in [-0.4, -0.2) is 36.2 Å². The van der Waals surface area contributed by atoms with E-state index in [1.165, 1.54) is 0 Å². The quantitative estimate of drug-likeness (QED) is 0.734. The van der Waals surface area contributed by atoms with Crippen molar-refractivity contribution in [3.8, 4) is 0 Å². The van der Waals surface area contributed by atoms with Crippen LogP contribution in [0.4, 0.5) is 0 Å². The van der Waals surface area contributed by atoms with E-state index in [2.05, 4.69) is 5.32 Å². The zero-order valence-electron chi connectivity index (χ0n) is 10.4. The van der Waals surface area contributed by atoms with E-state index >= 15 is 0 Å². The normalized spacial score (nSPS) is 25.5. The van der Waals surface area contributed by atoms with Gasteiger partial charge in [0.1, 0.15) is 0 Å². The van der Waals surface area contributed by atoms with E-state index in [0.29, 0.717) is 19.3 Å². The highest BCUT2D eigenvalue weighted by molar-refractivity contribution is 5.78. The predicted octanol–water partition coefficient (Wildman–Crippen LogP) is 1.17. The third-order valence-corrected chi connectivity index (χ3v) is 3.36. The summed E-state index contributed by atoms with van der Waals surface area (Å²) < 4.78 is 5.06. The summed E-state index contributed by atoms with van der Waals surface area (Å²) >= 11 is 0. The van der Waals surface area contributed by atoms with E-state index in [-0.39, 0.29) is 18.1 Å². The molecule has 1 aliphatic carbocycles. The van der Waals surface area contributed by atoms with Crippen LogP contribution in [0.25, 0.3) is 0 Å². The molecule has 0 bridgehead atoms. The van der Waals surface area contributed by atoms with Gasteiger partial charge in [0, 0.05) is 19.6 Å². The third kappa shape index (κ3) is 4.34. The van der Waals surface area contributed by atoms with Crippen molar-refractivity contribution >= 4 is 11.9 Å². The molecule has 3 unspecified atom stereocenters. The van der Waals surface area contributed by atoms with Crippen molar-refractivity contribution in [2.24, 2.45) is 5.92 Å². The first-order chi connectivity index (χ1) is 8.04. The Bertz CT molecular complexity index is 280. The maximum Gasteiger partial charge on any atom is 0.308 e. The molecule has 5 nitrogen and oxygen atoms in total. The average molecular weight is 243 g/mol. The highest BCUT2D eigenvalue weighted by Gasteiger charge is 2.33. The van der Waals surface area contributed by atoms with Gasteiger partial charge < -0.3 is 15.2 Å². The Hall–Kier alpha value is -1.10. The van der Waals surface area contributed by atoms with Crippen LogP contribution in [0.2, 0.25) is 0 Å². The van der Waals surface area contributed by atoms with Crippen LogP contribution in [0, 0.1) is 5.92 Å². The zero-order valence-corrected chi connectivity index (χ0v) is 10.4. The number of methoxy groups -OCH3 is 1. The number of ether oxygens (including phenoxy) is 1. The smallest absolute Gasteiger partial charge is 0.308 e. The number of amides is 1. The summed E-state index contributed by atoms with van der Waals surface area (Å²) in [5.41, 5.74) is 0. The Morgan fingerprint density at radius 2 is 2.18 bits per heavy atom. The number of carboxylic acids is 1. The molecule has 0 aromatic carbocycles. The Labute approximate surface area is 102 Å². The van der Waals surface area contributed by atoms with Gasteiger partial charge in [-0.3, -0.25) is 9.59 Å². The van der Waals surface area contributed by atoms with E-state index in [4.69, 9.17) is 9.84 Å². The van der Waals surface area contributed by atoms with E-state index in [1.807, 2.05) is 6.92 Å². The lowest BCUT2D eigenvalue weighted by Crippen LogP contribution is -2.40. The van der Waals surface area contributed by atoms with Crippen LogP contribution < -0.4 is 5.32 Å². The number of hydrogen-bond donors (Lipinski definition) is 2.